The lowest BCUT2D eigenvalue weighted by atomic mass is 10.1. The summed E-state index contributed by atoms with van der Waals surface area (Å²) >= 11 is 5.47. The Bertz CT molecular complexity index is 553. The van der Waals surface area contributed by atoms with Gasteiger partial charge in [-0.05, 0) is 51.5 Å². The number of para-hydroxylation sites is 1. The summed E-state index contributed by atoms with van der Waals surface area (Å²) in [5.41, 5.74) is 2.70. The highest BCUT2D eigenvalue weighted by Crippen LogP contribution is 2.24. The molecule has 1 aliphatic rings. The van der Waals surface area contributed by atoms with Crippen LogP contribution in [0.25, 0.3) is 0 Å². The van der Waals surface area contributed by atoms with Crippen molar-refractivity contribution in [3.63, 3.8) is 0 Å². The van der Waals surface area contributed by atoms with Gasteiger partial charge < -0.3 is 5.32 Å². The van der Waals surface area contributed by atoms with Crippen molar-refractivity contribution in [3.8, 4) is 0 Å². The largest absolute Gasteiger partial charge is 0.383 e. The summed E-state index contributed by atoms with van der Waals surface area (Å²) in [6, 6.07) is 10.6. The van der Waals surface area contributed by atoms with Gasteiger partial charge in [-0.3, -0.25) is 4.90 Å². The molecule has 1 aliphatic heterocycles. The van der Waals surface area contributed by atoms with Gasteiger partial charge in [-0.25, -0.2) is 0 Å². The Labute approximate surface area is 126 Å². The number of hydrogen-bond acceptors (Lipinski definition) is 3. The average molecular weight is 337 g/mol. The molecule has 2 aromatic rings. The minimum atomic E-state index is 0.988. The maximum Gasteiger partial charge on any atom is 0.0485 e. The maximum atomic E-state index is 3.56. The third-order valence-corrected chi connectivity index (χ3v) is 5.22. The van der Waals surface area contributed by atoms with Gasteiger partial charge in [-0.1, -0.05) is 12.1 Å². The summed E-state index contributed by atoms with van der Waals surface area (Å²) in [4.78, 5) is 4.11. The summed E-state index contributed by atoms with van der Waals surface area (Å²) in [7, 11) is 0. The van der Waals surface area contributed by atoms with Crippen LogP contribution in [-0.4, -0.2) is 24.5 Å². The number of nitrogens with one attached hydrogen (secondary N) is 1. The SMILES string of the molecule is Brc1ccccc1NCCN1CCc2sccc2C1. The van der Waals surface area contributed by atoms with Crippen LogP contribution in [0.2, 0.25) is 0 Å². The molecule has 0 atom stereocenters. The van der Waals surface area contributed by atoms with E-state index in [1.54, 1.807) is 4.88 Å². The molecule has 0 bridgehead atoms. The molecule has 4 heteroatoms. The van der Waals surface area contributed by atoms with Crippen molar-refractivity contribution < 1.29 is 0 Å². The predicted octanol–water partition coefficient (Wildman–Crippen LogP) is 3.98. The normalized spacial score (nSPS) is 15.2. The molecule has 0 amide bonds. The van der Waals surface area contributed by atoms with Crippen molar-refractivity contribution >= 4 is 33.0 Å². The highest BCUT2D eigenvalue weighted by molar-refractivity contribution is 9.10. The Hall–Kier alpha value is -0.840. The lowest BCUT2D eigenvalue weighted by molar-refractivity contribution is 0.266. The van der Waals surface area contributed by atoms with Gasteiger partial charge in [0.15, 0.2) is 0 Å². The van der Waals surface area contributed by atoms with Gasteiger partial charge in [0.25, 0.3) is 0 Å². The molecule has 0 saturated carbocycles. The van der Waals surface area contributed by atoms with E-state index in [2.05, 4.69) is 55.8 Å². The highest BCUT2D eigenvalue weighted by Gasteiger charge is 2.16. The third-order valence-electron chi connectivity index (χ3n) is 3.50. The Balaban J connectivity index is 1.50. The van der Waals surface area contributed by atoms with E-state index in [1.807, 2.05) is 17.4 Å². The summed E-state index contributed by atoms with van der Waals surface area (Å²) in [5, 5.41) is 5.71. The van der Waals surface area contributed by atoms with Crippen LogP contribution in [0.3, 0.4) is 0 Å². The summed E-state index contributed by atoms with van der Waals surface area (Å²) in [6.45, 7) is 4.38. The molecule has 2 heterocycles. The predicted molar refractivity (Wildman–Crippen MR) is 85.9 cm³/mol. The lowest BCUT2D eigenvalue weighted by Gasteiger charge is -2.27. The molecule has 0 radical (unpaired) electrons. The van der Waals surface area contributed by atoms with Crippen molar-refractivity contribution in [1.29, 1.82) is 0 Å². The molecular formula is C15H17BrN2S. The smallest absolute Gasteiger partial charge is 0.0485 e. The lowest BCUT2D eigenvalue weighted by Crippen LogP contribution is -2.33. The van der Waals surface area contributed by atoms with Crippen LogP contribution < -0.4 is 5.32 Å². The molecule has 0 saturated heterocycles. The number of anilines is 1. The first kappa shape index (κ1) is 13.2. The number of fused-ring (bicyclic) bond motifs is 1. The Morgan fingerprint density at radius 2 is 2.16 bits per heavy atom. The highest BCUT2D eigenvalue weighted by atomic mass is 79.9. The number of halogens is 1. The fraction of sp³-hybridized carbons (Fsp3) is 0.333. The van der Waals surface area contributed by atoms with Crippen molar-refractivity contribution in [1.82, 2.24) is 4.90 Å². The molecule has 2 nitrogen and oxygen atoms in total. The number of thiophene rings is 1. The van der Waals surface area contributed by atoms with Gasteiger partial charge >= 0.3 is 0 Å². The van der Waals surface area contributed by atoms with E-state index < -0.39 is 0 Å². The van der Waals surface area contributed by atoms with Crippen LogP contribution >= 0.6 is 27.3 Å². The van der Waals surface area contributed by atoms with Crippen LogP contribution in [0, 0.1) is 0 Å². The van der Waals surface area contributed by atoms with Crippen molar-refractivity contribution in [2.24, 2.45) is 0 Å². The number of nitrogens with zero attached hydrogens (tertiary/aromatic N) is 1. The summed E-state index contributed by atoms with van der Waals surface area (Å²) < 4.78 is 1.13. The van der Waals surface area contributed by atoms with Gasteiger partial charge in [-0.2, -0.15) is 0 Å². The molecule has 19 heavy (non-hydrogen) atoms. The fourth-order valence-electron chi connectivity index (χ4n) is 2.45. The zero-order valence-corrected chi connectivity index (χ0v) is 13.1. The quantitative estimate of drug-likeness (QED) is 0.908. The molecule has 3 rings (SSSR count). The average Bonchev–Trinajstić information content (AvgIpc) is 2.88. The number of hydrogen-bond donors (Lipinski definition) is 1. The van der Waals surface area contributed by atoms with Gasteiger partial charge in [0.05, 0.1) is 0 Å². The second-order valence-electron chi connectivity index (χ2n) is 4.80. The van der Waals surface area contributed by atoms with Crippen molar-refractivity contribution in [2.45, 2.75) is 13.0 Å². The second kappa shape index (κ2) is 6.07. The molecule has 0 fully saturated rings. The van der Waals surface area contributed by atoms with Gasteiger partial charge in [0, 0.05) is 41.2 Å². The molecule has 1 aromatic carbocycles. The minimum Gasteiger partial charge on any atom is -0.383 e. The minimum absolute atomic E-state index is 0.988. The molecule has 1 N–H and O–H groups in total. The Morgan fingerprint density at radius 1 is 1.26 bits per heavy atom. The van der Waals surface area contributed by atoms with E-state index in [0.29, 0.717) is 0 Å². The fourth-order valence-corrected chi connectivity index (χ4v) is 3.77. The summed E-state index contributed by atoms with van der Waals surface area (Å²) in [6.07, 6.45) is 1.21. The zero-order valence-electron chi connectivity index (χ0n) is 10.7. The number of rotatable bonds is 4. The van der Waals surface area contributed by atoms with Crippen LogP contribution in [-0.2, 0) is 13.0 Å². The first-order valence-corrected chi connectivity index (χ1v) is 8.26. The maximum absolute atomic E-state index is 3.56. The molecular weight excluding hydrogens is 320 g/mol. The van der Waals surface area contributed by atoms with Gasteiger partial charge in [0.1, 0.15) is 0 Å². The standard InChI is InChI=1S/C15H17BrN2S/c16-13-3-1-2-4-14(13)17-7-9-18-8-5-15-12(11-18)6-10-19-15/h1-4,6,10,17H,5,7-9,11H2. The van der Waals surface area contributed by atoms with Gasteiger partial charge in [-0.15, -0.1) is 11.3 Å². The van der Waals surface area contributed by atoms with E-state index in [-0.39, 0.29) is 0 Å². The molecule has 0 spiro atoms. The molecule has 0 aliphatic carbocycles. The molecule has 0 unspecified atom stereocenters. The monoisotopic (exact) mass is 336 g/mol. The van der Waals surface area contributed by atoms with Crippen LogP contribution in [0.5, 0.6) is 0 Å². The van der Waals surface area contributed by atoms with E-state index in [4.69, 9.17) is 0 Å². The summed E-state index contributed by atoms with van der Waals surface area (Å²) in [5.74, 6) is 0. The third kappa shape index (κ3) is 3.19. The topological polar surface area (TPSA) is 15.3 Å². The van der Waals surface area contributed by atoms with Crippen LogP contribution in [0.15, 0.2) is 40.2 Å². The van der Waals surface area contributed by atoms with Gasteiger partial charge in [0.2, 0.25) is 0 Å². The van der Waals surface area contributed by atoms with E-state index in [9.17, 15) is 0 Å². The zero-order chi connectivity index (χ0) is 13.1. The van der Waals surface area contributed by atoms with Crippen molar-refractivity contribution in [3.05, 3.63) is 50.6 Å². The number of benzene rings is 1. The first-order chi connectivity index (χ1) is 9.33. The second-order valence-corrected chi connectivity index (χ2v) is 6.66. The van der Waals surface area contributed by atoms with E-state index in [0.717, 1.165) is 24.1 Å². The molecule has 100 valence electrons. The van der Waals surface area contributed by atoms with E-state index in [1.165, 1.54) is 24.2 Å². The van der Waals surface area contributed by atoms with Crippen molar-refractivity contribution in [2.75, 3.05) is 25.0 Å². The Morgan fingerprint density at radius 3 is 3.05 bits per heavy atom. The molecule has 1 aromatic heterocycles. The Kier molecular flexibility index (Phi) is 4.21. The van der Waals surface area contributed by atoms with Crippen LogP contribution in [0.1, 0.15) is 10.4 Å². The van der Waals surface area contributed by atoms with Crippen LogP contribution in [0.4, 0.5) is 5.69 Å². The first-order valence-electron chi connectivity index (χ1n) is 6.59. The van der Waals surface area contributed by atoms with E-state index >= 15 is 0 Å².